The summed E-state index contributed by atoms with van der Waals surface area (Å²) >= 11 is 0. The van der Waals surface area contributed by atoms with E-state index in [1.165, 1.54) is 0 Å². The van der Waals surface area contributed by atoms with Gasteiger partial charge >= 0.3 is 0 Å². The summed E-state index contributed by atoms with van der Waals surface area (Å²) in [6.45, 7) is 4.09. The molecule has 7 heteroatoms. The molecule has 4 rings (SSSR count). The maximum atomic E-state index is 13.8. The maximum absolute atomic E-state index is 13.8. The summed E-state index contributed by atoms with van der Waals surface area (Å²) in [7, 11) is 5.02. The van der Waals surface area contributed by atoms with E-state index in [0.29, 0.717) is 29.2 Å². The Morgan fingerprint density at radius 1 is 1.07 bits per heavy atom. The van der Waals surface area contributed by atoms with Gasteiger partial charge in [-0.25, -0.2) is 4.68 Å². The molecule has 3 aromatic rings. The van der Waals surface area contributed by atoms with Crippen LogP contribution in [0.2, 0.25) is 0 Å². The molecule has 0 aliphatic carbocycles. The lowest BCUT2D eigenvalue weighted by Crippen LogP contribution is -2.25. The lowest BCUT2D eigenvalue weighted by Gasteiger charge is -2.19. The molecule has 7 nitrogen and oxygen atoms in total. The first-order valence-corrected chi connectivity index (χ1v) is 9.93. The van der Waals surface area contributed by atoms with Crippen LogP contribution in [0.3, 0.4) is 0 Å². The zero-order valence-corrected chi connectivity index (χ0v) is 17.9. The van der Waals surface area contributed by atoms with Crippen LogP contribution in [0.5, 0.6) is 11.5 Å². The predicted molar refractivity (Wildman–Crippen MR) is 119 cm³/mol. The van der Waals surface area contributed by atoms with Gasteiger partial charge in [0.1, 0.15) is 22.9 Å². The molecule has 0 saturated carbocycles. The van der Waals surface area contributed by atoms with Crippen molar-refractivity contribution in [3.05, 3.63) is 63.9 Å². The highest BCUT2D eigenvalue weighted by Gasteiger charge is 2.28. The number of aliphatic imine (C=N–C) groups is 1. The zero-order chi connectivity index (χ0) is 21.4. The molecule has 0 unspecified atom stereocenters. The van der Waals surface area contributed by atoms with Gasteiger partial charge in [-0.05, 0) is 25.5 Å². The van der Waals surface area contributed by atoms with Crippen LogP contribution in [-0.4, -0.2) is 36.3 Å². The third-order valence-electron chi connectivity index (χ3n) is 5.29. The summed E-state index contributed by atoms with van der Waals surface area (Å²) in [5.41, 5.74) is 3.94. The van der Waals surface area contributed by atoms with Gasteiger partial charge in [0.05, 0.1) is 31.3 Å². The molecule has 156 valence electrons. The average Bonchev–Trinajstić information content (AvgIpc) is 3.31. The van der Waals surface area contributed by atoms with Crippen molar-refractivity contribution in [3.63, 3.8) is 0 Å². The van der Waals surface area contributed by atoms with Crippen LogP contribution < -0.4 is 20.3 Å². The van der Waals surface area contributed by atoms with Crippen LogP contribution in [0.1, 0.15) is 31.0 Å². The number of anilines is 1. The highest BCUT2D eigenvalue weighted by Crippen LogP contribution is 2.32. The standard InChI is InChI=1S/C23H26N4O3/c1-14(2)26-22(24-3)21(20-10-15-8-6-7-9-19(15)25-20)23(28)27(26)16-11-17(29-4)13-18(12-16)30-5/h6-9,11-14,24H,10H2,1-5H3. The normalized spacial score (nSPS) is 12.7. The van der Waals surface area contributed by atoms with E-state index < -0.39 is 0 Å². The van der Waals surface area contributed by atoms with E-state index >= 15 is 0 Å². The molecule has 0 saturated heterocycles. The first-order valence-electron chi connectivity index (χ1n) is 9.93. The van der Waals surface area contributed by atoms with Gasteiger partial charge in [-0.1, -0.05) is 18.2 Å². The Morgan fingerprint density at radius 3 is 2.30 bits per heavy atom. The zero-order valence-electron chi connectivity index (χ0n) is 17.9. The first kappa shape index (κ1) is 19.8. The second-order valence-electron chi connectivity index (χ2n) is 7.46. The van der Waals surface area contributed by atoms with E-state index in [2.05, 4.69) is 11.4 Å². The summed E-state index contributed by atoms with van der Waals surface area (Å²) in [5.74, 6) is 1.97. The number of fused-ring (bicyclic) bond motifs is 1. The fourth-order valence-corrected chi connectivity index (χ4v) is 3.94. The molecule has 0 atom stereocenters. The molecule has 2 aromatic carbocycles. The maximum Gasteiger partial charge on any atom is 0.282 e. The third-order valence-corrected chi connectivity index (χ3v) is 5.29. The van der Waals surface area contributed by atoms with Crippen LogP contribution in [0, 0.1) is 0 Å². The Balaban J connectivity index is 1.97. The van der Waals surface area contributed by atoms with Gasteiger partial charge in [0, 0.05) is 37.7 Å². The number of nitrogens with one attached hydrogen (secondary N) is 1. The number of ether oxygens (including phenoxy) is 2. The molecule has 1 aromatic heterocycles. The van der Waals surface area contributed by atoms with Crippen LogP contribution >= 0.6 is 0 Å². The molecule has 0 amide bonds. The molecule has 0 bridgehead atoms. The number of rotatable bonds is 6. The van der Waals surface area contributed by atoms with Gasteiger partial charge in [0.2, 0.25) is 0 Å². The Kier molecular flexibility index (Phi) is 5.11. The summed E-state index contributed by atoms with van der Waals surface area (Å²) in [5, 5.41) is 3.24. The van der Waals surface area contributed by atoms with Gasteiger partial charge in [0.15, 0.2) is 0 Å². The van der Waals surface area contributed by atoms with Crippen molar-refractivity contribution in [1.29, 1.82) is 0 Å². The minimum Gasteiger partial charge on any atom is -0.497 e. The van der Waals surface area contributed by atoms with Crippen molar-refractivity contribution >= 4 is 17.2 Å². The SMILES string of the molecule is CNc1c(C2=Nc3ccccc3C2)c(=O)n(-c2cc(OC)cc(OC)c2)n1C(C)C. The average molecular weight is 406 g/mol. The molecule has 0 fully saturated rings. The fourth-order valence-electron chi connectivity index (χ4n) is 3.94. The molecular weight excluding hydrogens is 380 g/mol. The summed E-state index contributed by atoms with van der Waals surface area (Å²) in [6.07, 6.45) is 0.629. The molecule has 2 heterocycles. The number of nitrogens with zero attached hydrogens (tertiary/aromatic N) is 3. The second kappa shape index (κ2) is 7.74. The van der Waals surface area contributed by atoms with Crippen molar-refractivity contribution < 1.29 is 9.47 Å². The van der Waals surface area contributed by atoms with Crippen LogP contribution in [0.15, 0.2) is 52.3 Å². The van der Waals surface area contributed by atoms with Gasteiger partial charge in [-0.3, -0.25) is 14.5 Å². The Labute approximate surface area is 175 Å². The van der Waals surface area contributed by atoms with Crippen molar-refractivity contribution in [2.24, 2.45) is 4.99 Å². The molecular formula is C23H26N4O3. The molecule has 1 N–H and O–H groups in total. The highest BCUT2D eigenvalue weighted by atomic mass is 16.5. The fraction of sp³-hybridized carbons (Fsp3) is 0.304. The largest absolute Gasteiger partial charge is 0.497 e. The van der Waals surface area contributed by atoms with Crippen LogP contribution in [0.25, 0.3) is 5.69 Å². The topological polar surface area (TPSA) is 69.8 Å². The first-order chi connectivity index (χ1) is 14.5. The highest BCUT2D eigenvalue weighted by molar-refractivity contribution is 6.09. The van der Waals surface area contributed by atoms with Crippen molar-refractivity contribution in [2.75, 3.05) is 26.6 Å². The minimum absolute atomic E-state index is 0.0236. The number of hydrogen-bond acceptors (Lipinski definition) is 5. The minimum atomic E-state index is -0.130. The number of hydrogen-bond donors (Lipinski definition) is 1. The molecule has 0 spiro atoms. The van der Waals surface area contributed by atoms with Crippen LogP contribution in [-0.2, 0) is 6.42 Å². The quantitative estimate of drug-likeness (QED) is 0.673. The lowest BCUT2D eigenvalue weighted by molar-refractivity contribution is 0.392. The van der Waals surface area contributed by atoms with E-state index in [4.69, 9.17) is 14.5 Å². The monoisotopic (exact) mass is 406 g/mol. The van der Waals surface area contributed by atoms with Gasteiger partial charge in [0.25, 0.3) is 5.56 Å². The smallest absolute Gasteiger partial charge is 0.282 e. The Bertz CT molecular complexity index is 1170. The Hall–Kier alpha value is -3.48. The van der Waals surface area contributed by atoms with E-state index in [1.54, 1.807) is 25.0 Å². The Morgan fingerprint density at radius 2 is 1.73 bits per heavy atom. The van der Waals surface area contributed by atoms with Crippen molar-refractivity contribution in [3.8, 4) is 17.2 Å². The van der Waals surface area contributed by atoms with Crippen LogP contribution in [0.4, 0.5) is 11.5 Å². The molecule has 1 aliphatic rings. The lowest BCUT2D eigenvalue weighted by atomic mass is 10.1. The van der Waals surface area contributed by atoms with E-state index in [1.807, 2.05) is 55.9 Å². The van der Waals surface area contributed by atoms with E-state index in [0.717, 1.165) is 22.8 Å². The van der Waals surface area contributed by atoms with Gasteiger partial charge in [-0.2, -0.15) is 0 Å². The second-order valence-corrected chi connectivity index (χ2v) is 7.46. The van der Waals surface area contributed by atoms with Gasteiger partial charge < -0.3 is 14.8 Å². The predicted octanol–water partition coefficient (Wildman–Crippen LogP) is 3.96. The number of methoxy groups -OCH3 is 2. The van der Waals surface area contributed by atoms with Crippen molar-refractivity contribution in [1.82, 2.24) is 9.36 Å². The van der Waals surface area contributed by atoms with E-state index in [-0.39, 0.29) is 11.6 Å². The summed E-state index contributed by atoms with van der Waals surface area (Å²) in [6, 6.07) is 13.5. The molecule has 0 radical (unpaired) electrons. The molecule has 1 aliphatic heterocycles. The summed E-state index contributed by atoms with van der Waals surface area (Å²) in [4.78, 5) is 18.5. The van der Waals surface area contributed by atoms with E-state index in [9.17, 15) is 4.79 Å². The van der Waals surface area contributed by atoms with Crippen molar-refractivity contribution in [2.45, 2.75) is 26.3 Å². The number of para-hydroxylation sites is 1. The number of benzene rings is 2. The summed E-state index contributed by atoms with van der Waals surface area (Å²) < 4.78 is 14.5. The third kappa shape index (κ3) is 3.16. The number of aromatic nitrogens is 2. The molecule has 30 heavy (non-hydrogen) atoms. The van der Waals surface area contributed by atoms with Gasteiger partial charge in [-0.15, -0.1) is 0 Å².